The molecule has 3 nitrogen and oxygen atoms in total. The standard InChI is InChI=1S/C11H17FN2O/c1-8(2)15-7-11(13-3)9-4-5-14-6-10(9)12/h4-6,8,11,13H,7H2,1-3H3. The van der Waals surface area contributed by atoms with Crippen LogP contribution in [0, 0.1) is 5.82 Å². The van der Waals surface area contributed by atoms with Gasteiger partial charge in [0.05, 0.1) is 24.9 Å². The van der Waals surface area contributed by atoms with E-state index in [-0.39, 0.29) is 18.0 Å². The number of nitrogens with zero attached hydrogens (tertiary/aromatic N) is 1. The highest BCUT2D eigenvalue weighted by molar-refractivity contribution is 5.17. The zero-order valence-electron chi connectivity index (χ0n) is 9.33. The van der Waals surface area contributed by atoms with E-state index in [4.69, 9.17) is 4.74 Å². The molecule has 0 spiro atoms. The van der Waals surface area contributed by atoms with Crippen LogP contribution < -0.4 is 5.32 Å². The van der Waals surface area contributed by atoms with E-state index in [2.05, 4.69) is 10.3 Å². The molecule has 0 saturated carbocycles. The SMILES string of the molecule is CNC(COC(C)C)c1ccncc1F. The van der Waals surface area contributed by atoms with Gasteiger partial charge in [-0.2, -0.15) is 0 Å². The number of aromatic nitrogens is 1. The summed E-state index contributed by atoms with van der Waals surface area (Å²) in [4.78, 5) is 3.71. The molecular weight excluding hydrogens is 195 g/mol. The predicted molar refractivity (Wildman–Crippen MR) is 57.1 cm³/mol. The van der Waals surface area contributed by atoms with E-state index in [0.717, 1.165) is 0 Å². The Hall–Kier alpha value is -1.00. The van der Waals surface area contributed by atoms with Crippen molar-refractivity contribution >= 4 is 0 Å². The van der Waals surface area contributed by atoms with Crippen molar-refractivity contribution in [2.45, 2.75) is 26.0 Å². The molecule has 0 aliphatic carbocycles. The van der Waals surface area contributed by atoms with E-state index >= 15 is 0 Å². The first-order valence-electron chi connectivity index (χ1n) is 5.03. The average molecular weight is 212 g/mol. The van der Waals surface area contributed by atoms with Gasteiger partial charge in [-0.1, -0.05) is 0 Å². The molecule has 0 aliphatic rings. The number of ether oxygens (including phenoxy) is 1. The van der Waals surface area contributed by atoms with Gasteiger partial charge in [0.1, 0.15) is 5.82 Å². The second-order valence-electron chi connectivity index (χ2n) is 3.62. The lowest BCUT2D eigenvalue weighted by atomic mass is 10.1. The maximum absolute atomic E-state index is 13.4. The zero-order valence-corrected chi connectivity index (χ0v) is 9.33. The summed E-state index contributed by atoms with van der Waals surface area (Å²) in [5.41, 5.74) is 0.591. The summed E-state index contributed by atoms with van der Waals surface area (Å²) in [6, 6.07) is 1.54. The van der Waals surface area contributed by atoms with Crippen LogP contribution in [0.4, 0.5) is 4.39 Å². The number of halogens is 1. The molecule has 15 heavy (non-hydrogen) atoms. The Bertz CT molecular complexity index is 304. The fourth-order valence-corrected chi connectivity index (χ4v) is 1.29. The van der Waals surface area contributed by atoms with Crippen molar-refractivity contribution in [2.24, 2.45) is 0 Å². The first-order chi connectivity index (χ1) is 7.15. The monoisotopic (exact) mass is 212 g/mol. The molecule has 1 N–H and O–H groups in total. The zero-order chi connectivity index (χ0) is 11.3. The van der Waals surface area contributed by atoms with E-state index in [0.29, 0.717) is 12.2 Å². The molecule has 1 rings (SSSR count). The van der Waals surface area contributed by atoms with Crippen molar-refractivity contribution in [3.05, 3.63) is 29.8 Å². The predicted octanol–water partition coefficient (Wildman–Crippen LogP) is 1.91. The van der Waals surface area contributed by atoms with Crippen LogP contribution in [0.2, 0.25) is 0 Å². The number of likely N-dealkylation sites (N-methyl/N-ethyl adjacent to an activating group) is 1. The summed E-state index contributed by atoms with van der Waals surface area (Å²) in [7, 11) is 1.79. The van der Waals surface area contributed by atoms with Crippen LogP contribution in [0.1, 0.15) is 25.5 Å². The normalized spacial score (nSPS) is 13.1. The Morgan fingerprint density at radius 2 is 2.27 bits per heavy atom. The summed E-state index contributed by atoms with van der Waals surface area (Å²) < 4.78 is 18.8. The summed E-state index contributed by atoms with van der Waals surface area (Å²) in [5.74, 6) is -0.302. The van der Waals surface area contributed by atoms with Crippen LogP contribution in [0.5, 0.6) is 0 Å². The second-order valence-corrected chi connectivity index (χ2v) is 3.62. The van der Waals surface area contributed by atoms with Crippen molar-refractivity contribution in [2.75, 3.05) is 13.7 Å². The molecule has 1 aromatic heterocycles. The first kappa shape index (κ1) is 12.1. The molecule has 1 atom stereocenters. The van der Waals surface area contributed by atoms with Crippen molar-refractivity contribution in [1.82, 2.24) is 10.3 Å². The van der Waals surface area contributed by atoms with Gasteiger partial charge in [-0.05, 0) is 27.0 Å². The van der Waals surface area contributed by atoms with E-state index in [1.54, 1.807) is 19.3 Å². The average Bonchev–Trinajstić information content (AvgIpc) is 2.21. The molecule has 4 heteroatoms. The molecule has 1 unspecified atom stereocenters. The molecule has 0 bridgehead atoms. The minimum absolute atomic E-state index is 0.129. The fraction of sp³-hybridized carbons (Fsp3) is 0.545. The number of nitrogens with one attached hydrogen (secondary N) is 1. The Kier molecular flexibility index (Phi) is 4.65. The van der Waals surface area contributed by atoms with Gasteiger partial charge in [-0.3, -0.25) is 4.98 Å². The smallest absolute Gasteiger partial charge is 0.146 e. The van der Waals surface area contributed by atoms with Gasteiger partial charge < -0.3 is 10.1 Å². The van der Waals surface area contributed by atoms with Crippen molar-refractivity contribution in [3.8, 4) is 0 Å². The number of rotatable bonds is 5. The molecule has 0 radical (unpaired) electrons. The third-order valence-electron chi connectivity index (χ3n) is 2.12. The minimum atomic E-state index is -0.302. The number of hydrogen-bond acceptors (Lipinski definition) is 3. The molecule has 0 fully saturated rings. The van der Waals surface area contributed by atoms with Crippen LogP contribution in [0.3, 0.4) is 0 Å². The van der Waals surface area contributed by atoms with Crippen LogP contribution in [0.25, 0.3) is 0 Å². The third-order valence-corrected chi connectivity index (χ3v) is 2.12. The van der Waals surface area contributed by atoms with Crippen molar-refractivity contribution in [1.29, 1.82) is 0 Å². The summed E-state index contributed by atoms with van der Waals surface area (Å²) in [6.45, 7) is 4.36. The maximum atomic E-state index is 13.4. The van der Waals surface area contributed by atoms with E-state index < -0.39 is 0 Å². The Morgan fingerprint density at radius 3 is 2.80 bits per heavy atom. The molecule has 0 amide bonds. The molecule has 0 aromatic carbocycles. The van der Waals surface area contributed by atoms with Gasteiger partial charge in [-0.15, -0.1) is 0 Å². The second kappa shape index (κ2) is 5.78. The Labute approximate surface area is 89.7 Å². The van der Waals surface area contributed by atoms with E-state index in [1.165, 1.54) is 6.20 Å². The van der Waals surface area contributed by atoms with E-state index in [9.17, 15) is 4.39 Å². The highest BCUT2D eigenvalue weighted by Crippen LogP contribution is 2.16. The lowest BCUT2D eigenvalue weighted by molar-refractivity contribution is 0.0619. The third kappa shape index (κ3) is 3.57. The highest BCUT2D eigenvalue weighted by atomic mass is 19.1. The summed E-state index contributed by atoms with van der Waals surface area (Å²) in [5, 5.41) is 3.02. The van der Waals surface area contributed by atoms with Crippen molar-refractivity contribution < 1.29 is 9.13 Å². The quantitative estimate of drug-likeness (QED) is 0.809. The first-order valence-corrected chi connectivity index (χ1v) is 5.03. The summed E-state index contributed by atoms with van der Waals surface area (Å²) in [6.07, 6.45) is 2.94. The topological polar surface area (TPSA) is 34.1 Å². The van der Waals surface area contributed by atoms with Crippen LogP contribution in [-0.4, -0.2) is 24.7 Å². The lowest BCUT2D eigenvalue weighted by Crippen LogP contribution is -2.24. The van der Waals surface area contributed by atoms with Gasteiger partial charge in [0, 0.05) is 11.8 Å². The summed E-state index contributed by atoms with van der Waals surface area (Å²) >= 11 is 0. The fourth-order valence-electron chi connectivity index (χ4n) is 1.29. The largest absolute Gasteiger partial charge is 0.377 e. The number of hydrogen-bond donors (Lipinski definition) is 1. The van der Waals surface area contributed by atoms with Gasteiger partial charge in [-0.25, -0.2) is 4.39 Å². The van der Waals surface area contributed by atoms with Gasteiger partial charge in [0.25, 0.3) is 0 Å². The Morgan fingerprint density at radius 1 is 1.53 bits per heavy atom. The van der Waals surface area contributed by atoms with Crippen molar-refractivity contribution in [3.63, 3.8) is 0 Å². The van der Waals surface area contributed by atoms with E-state index in [1.807, 2.05) is 13.8 Å². The van der Waals surface area contributed by atoms with Gasteiger partial charge in [0.2, 0.25) is 0 Å². The Balaban J connectivity index is 2.70. The molecule has 0 aliphatic heterocycles. The molecule has 1 heterocycles. The van der Waals surface area contributed by atoms with Crippen LogP contribution in [-0.2, 0) is 4.74 Å². The van der Waals surface area contributed by atoms with Crippen LogP contribution >= 0.6 is 0 Å². The van der Waals surface area contributed by atoms with Gasteiger partial charge in [0.15, 0.2) is 0 Å². The minimum Gasteiger partial charge on any atom is -0.377 e. The molecular formula is C11H17FN2O. The number of pyridine rings is 1. The molecule has 0 saturated heterocycles. The maximum Gasteiger partial charge on any atom is 0.146 e. The highest BCUT2D eigenvalue weighted by Gasteiger charge is 2.14. The molecule has 1 aromatic rings. The van der Waals surface area contributed by atoms with Gasteiger partial charge >= 0.3 is 0 Å². The molecule has 84 valence electrons. The lowest BCUT2D eigenvalue weighted by Gasteiger charge is -2.18. The van der Waals surface area contributed by atoms with Crippen LogP contribution in [0.15, 0.2) is 18.5 Å².